The van der Waals surface area contributed by atoms with Gasteiger partial charge in [0.25, 0.3) is 0 Å². The largest absolute Gasteiger partial charge is 0.478 e. The van der Waals surface area contributed by atoms with E-state index in [2.05, 4.69) is 0 Å². The Labute approximate surface area is 133 Å². The zero-order valence-corrected chi connectivity index (χ0v) is 12.8. The van der Waals surface area contributed by atoms with Crippen molar-refractivity contribution in [1.82, 2.24) is 0 Å². The van der Waals surface area contributed by atoms with E-state index in [1.807, 2.05) is 22.9 Å². The van der Waals surface area contributed by atoms with Crippen molar-refractivity contribution in [3.05, 3.63) is 58.3 Å². The van der Waals surface area contributed by atoms with Crippen molar-refractivity contribution in [3.8, 4) is 20.9 Å². The normalized spacial score (nSPS) is 10.5. The molecule has 3 rings (SSSR count). The van der Waals surface area contributed by atoms with Crippen molar-refractivity contribution in [2.24, 2.45) is 0 Å². The van der Waals surface area contributed by atoms with Crippen LogP contribution in [0.4, 0.5) is 0 Å². The summed E-state index contributed by atoms with van der Waals surface area (Å²) in [5.74, 6) is -2.14. The Morgan fingerprint density at radius 3 is 1.41 bits per heavy atom. The molecule has 0 saturated carbocycles. The maximum Gasteiger partial charge on any atom is 0.336 e. The quantitative estimate of drug-likeness (QED) is 0.736. The first-order chi connectivity index (χ1) is 10.6. The van der Waals surface area contributed by atoms with Crippen LogP contribution in [-0.4, -0.2) is 22.2 Å². The third kappa shape index (κ3) is 2.43. The highest BCUT2D eigenvalue weighted by Gasteiger charge is 2.24. The van der Waals surface area contributed by atoms with Crippen LogP contribution in [0.15, 0.2) is 47.2 Å². The van der Waals surface area contributed by atoms with Gasteiger partial charge in [0.2, 0.25) is 0 Å². The smallest absolute Gasteiger partial charge is 0.336 e. The molecule has 0 unspecified atom stereocenters. The molecule has 0 aliphatic heterocycles. The van der Waals surface area contributed by atoms with Crippen LogP contribution in [-0.2, 0) is 0 Å². The van der Waals surface area contributed by atoms with Gasteiger partial charge in [-0.3, -0.25) is 0 Å². The zero-order valence-electron chi connectivity index (χ0n) is 11.1. The Morgan fingerprint density at radius 1 is 0.727 bits per heavy atom. The van der Waals surface area contributed by atoms with Crippen molar-refractivity contribution < 1.29 is 19.8 Å². The number of carboxylic acid groups (broad SMARTS) is 2. The first-order valence-corrected chi connectivity index (χ1v) is 8.07. The molecule has 2 heterocycles. The molecule has 22 heavy (non-hydrogen) atoms. The fourth-order valence-corrected chi connectivity index (χ4v) is 3.89. The van der Waals surface area contributed by atoms with Crippen LogP contribution in [0, 0.1) is 0 Å². The minimum Gasteiger partial charge on any atom is -0.478 e. The summed E-state index contributed by atoms with van der Waals surface area (Å²) in [6, 6.07) is 9.95. The van der Waals surface area contributed by atoms with Crippen LogP contribution >= 0.6 is 22.7 Å². The van der Waals surface area contributed by atoms with E-state index in [1.54, 1.807) is 12.1 Å². The van der Waals surface area contributed by atoms with E-state index in [1.165, 1.54) is 34.8 Å². The summed E-state index contributed by atoms with van der Waals surface area (Å²) in [6.07, 6.45) is 0. The monoisotopic (exact) mass is 330 g/mol. The number of hydrogen-bond acceptors (Lipinski definition) is 4. The Bertz CT molecular complexity index is 762. The molecule has 0 spiro atoms. The van der Waals surface area contributed by atoms with Gasteiger partial charge in [-0.15, -0.1) is 22.7 Å². The summed E-state index contributed by atoms with van der Waals surface area (Å²) in [5.41, 5.74) is 1.14. The summed E-state index contributed by atoms with van der Waals surface area (Å²) in [6.45, 7) is 0. The SMILES string of the molecule is O=C(O)c1ccc(C(=O)O)c(-c2cccs2)c1-c1cccs1. The number of carboxylic acids is 2. The summed E-state index contributed by atoms with van der Waals surface area (Å²) >= 11 is 2.78. The standard InChI is InChI=1S/C16H10O4S2/c17-15(18)9-5-6-10(16(19)20)14(12-4-2-8-22-12)13(9)11-3-1-7-21-11/h1-8H,(H,17,18)(H,19,20). The van der Waals surface area contributed by atoms with Crippen molar-refractivity contribution in [3.63, 3.8) is 0 Å². The third-order valence-electron chi connectivity index (χ3n) is 3.20. The molecule has 0 aliphatic carbocycles. The third-order valence-corrected chi connectivity index (χ3v) is 4.98. The van der Waals surface area contributed by atoms with E-state index >= 15 is 0 Å². The highest BCUT2D eigenvalue weighted by atomic mass is 32.1. The molecular formula is C16H10O4S2. The maximum atomic E-state index is 11.6. The van der Waals surface area contributed by atoms with E-state index in [0.29, 0.717) is 11.1 Å². The van der Waals surface area contributed by atoms with Gasteiger partial charge in [0.15, 0.2) is 0 Å². The van der Waals surface area contributed by atoms with Gasteiger partial charge >= 0.3 is 11.9 Å². The number of thiophene rings is 2. The number of aromatic carboxylic acids is 2. The number of hydrogen-bond donors (Lipinski definition) is 2. The van der Waals surface area contributed by atoms with Crippen LogP contribution in [0.2, 0.25) is 0 Å². The molecule has 2 N–H and O–H groups in total. The molecule has 0 amide bonds. The van der Waals surface area contributed by atoms with Gasteiger partial charge in [0.1, 0.15) is 0 Å². The first kappa shape index (κ1) is 14.5. The molecule has 0 fully saturated rings. The van der Waals surface area contributed by atoms with Crippen LogP contribution in [0.25, 0.3) is 20.9 Å². The predicted octanol–water partition coefficient (Wildman–Crippen LogP) is 4.54. The average Bonchev–Trinajstić information content (AvgIpc) is 3.18. The molecule has 6 heteroatoms. The molecule has 0 saturated heterocycles. The number of rotatable bonds is 4. The van der Waals surface area contributed by atoms with Crippen LogP contribution in [0.5, 0.6) is 0 Å². The van der Waals surface area contributed by atoms with E-state index in [9.17, 15) is 19.8 Å². The topological polar surface area (TPSA) is 74.6 Å². The summed E-state index contributed by atoms with van der Waals surface area (Å²) < 4.78 is 0. The van der Waals surface area contributed by atoms with Crippen molar-refractivity contribution in [2.45, 2.75) is 0 Å². The molecule has 1 aromatic carbocycles. The molecule has 0 aliphatic rings. The Kier molecular flexibility index (Phi) is 3.79. The lowest BCUT2D eigenvalue weighted by Gasteiger charge is -2.13. The lowest BCUT2D eigenvalue weighted by Crippen LogP contribution is -2.06. The van der Waals surface area contributed by atoms with E-state index in [4.69, 9.17) is 0 Å². The van der Waals surface area contributed by atoms with Gasteiger partial charge in [-0.1, -0.05) is 12.1 Å². The first-order valence-electron chi connectivity index (χ1n) is 6.31. The molecule has 2 aromatic heterocycles. The van der Waals surface area contributed by atoms with Gasteiger partial charge in [-0.25, -0.2) is 9.59 Å². The summed E-state index contributed by atoms with van der Waals surface area (Å²) in [5, 5.41) is 22.6. The van der Waals surface area contributed by atoms with Gasteiger partial charge < -0.3 is 10.2 Å². The Hall–Kier alpha value is -2.44. The lowest BCUT2D eigenvalue weighted by atomic mass is 9.93. The van der Waals surface area contributed by atoms with Gasteiger partial charge in [-0.05, 0) is 35.0 Å². The second-order valence-corrected chi connectivity index (χ2v) is 6.37. The zero-order chi connectivity index (χ0) is 15.7. The lowest BCUT2D eigenvalue weighted by molar-refractivity contribution is 0.0682. The van der Waals surface area contributed by atoms with E-state index < -0.39 is 11.9 Å². The molecule has 0 atom stereocenters. The highest BCUT2D eigenvalue weighted by Crippen LogP contribution is 2.41. The second kappa shape index (κ2) is 5.75. The number of benzene rings is 1. The Balaban J connectivity index is 2.43. The van der Waals surface area contributed by atoms with Crippen molar-refractivity contribution in [1.29, 1.82) is 0 Å². The van der Waals surface area contributed by atoms with E-state index in [0.717, 1.165) is 9.75 Å². The molecule has 3 aromatic rings. The molecule has 4 nitrogen and oxygen atoms in total. The maximum absolute atomic E-state index is 11.6. The van der Waals surface area contributed by atoms with Crippen molar-refractivity contribution >= 4 is 34.6 Å². The second-order valence-electron chi connectivity index (χ2n) is 4.48. The van der Waals surface area contributed by atoms with Crippen LogP contribution in [0.3, 0.4) is 0 Å². The van der Waals surface area contributed by atoms with Gasteiger partial charge in [-0.2, -0.15) is 0 Å². The molecular weight excluding hydrogens is 320 g/mol. The van der Waals surface area contributed by atoms with Crippen molar-refractivity contribution in [2.75, 3.05) is 0 Å². The molecule has 0 radical (unpaired) electrons. The van der Waals surface area contributed by atoms with Crippen LogP contribution < -0.4 is 0 Å². The summed E-state index contributed by atoms with van der Waals surface area (Å²) in [4.78, 5) is 24.6. The number of carbonyl (C=O) groups is 2. The minimum atomic E-state index is -1.07. The fraction of sp³-hybridized carbons (Fsp3) is 0. The van der Waals surface area contributed by atoms with Gasteiger partial charge in [0.05, 0.1) is 11.1 Å². The average molecular weight is 330 g/mol. The molecule has 0 bridgehead atoms. The minimum absolute atomic E-state index is 0.107. The highest BCUT2D eigenvalue weighted by molar-refractivity contribution is 7.14. The van der Waals surface area contributed by atoms with E-state index in [-0.39, 0.29) is 11.1 Å². The summed E-state index contributed by atoms with van der Waals surface area (Å²) in [7, 11) is 0. The molecule has 110 valence electrons. The van der Waals surface area contributed by atoms with Crippen LogP contribution in [0.1, 0.15) is 20.7 Å². The Morgan fingerprint density at radius 2 is 1.14 bits per heavy atom. The fourth-order valence-electron chi connectivity index (χ4n) is 2.31. The van der Waals surface area contributed by atoms with Gasteiger partial charge in [0, 0.05) is 20.9 Å². The predicted molar refractivity (Wildman–Crippen MR) is 87.0 cm³/mol.